The molecule has 112 valence electrons. The van der Waals surface area contributed by atoms with Crippen LogP contribution in [0, 0.1) is 0 Å². The van der Waals surface area contributed by atoms with Gasteiger partial charge in [0.05, 0.1) is 12.7 Å². The Morgan fingerprint density at radius 3 is 2.40 bits per heavy atom. The predicted octanol–water partition coefficient (Wildman–Crippen LogP) is 3.08. The Hall–Kier alpha value is -1.06. The van der Waals surface area contributed by atoms with E-state index in [1.54, 1.807) is 7.11 Å². The Labute approximate surface area is 122 Å². The molecule has 0 heterocycles. The van der Waals surface area contributed by atoms with Crippen LogP contribution in [0.5, 0.6) is 5.75 Å². The third-order valence-electron chi connectivity index (χ3n) is 4.48. The summed E-state index contributed by atoms with van der Waals surface area (Å²) in [6.07, 6.45) is 5.34. The molecular weight excluding hydrogens is 250 g/mol. The molecule has 0 aromatic heterocycles. The standard InChI is InChI=1S/C17H27NO2/c1-3-18-13-16(17(19)11-5-4-6-12-17)14-7-9-15(20-2)10-8-14/h7-10,16,18-19H,3-6,11-13H2,1-2H3. The Balaban J connectivity index is 2.20. The maximum atomic E-state index is 11.1. The second kappa shape index (κ2) is 7.09. The largest absolute Gasteiger partial charge is 0.497 e. The number of rotatable bonds is 6. The molecule has 2 rings (SSSR count). The second-order valence-corrected chi connectivity index (χ2v) is 5.80. The number of hydrogen-bond donors (Lipinski definition) is 2. The van der Waals surface area contributed by atoms with Gasteiger partial charge in [0.2, 0.25) is 0 Å². The molecule has 3 nitrogen and oxygen atoms in total. The van der Waals surface area contributed by atoms with Crippen molar-refractivity contribution in [3.63, 3.8) is 0 Å². The first-order valence-electron chi connectivity index (χ1n) is 7.76. The minimum atomic E-state index is -0.561. The smallest absolute Gasteiger partial charge is 0.118 e. The number of benzene rings is 1. The van der Waals surface area contributed by atoms with E-state index in [-0.39, 0.29) is 5.92 Å². The molecule has 0 radical (unpaired) electrons. The Morgan fingerprint density at radius 1 is 1.20 bits per heavy atom. The van der Waals surface area contributed by atoms with Gasteiger partial charge in [-0.2, -0.15) is 0 Å². The fourth-order valence-electron chi connectivity index (χ4n) is 3.26. The quantitative estimate of drug-likeness (QED) is 0.839. The molecule has 1 atom stereocenters. The van der Waals surface area contributed by atoms with Crippen LogP contribution in [0.4, 0.5) is 0 Å². The summed E-state index contributed by atoms with van der Waals surface area (Å²) in [7, 11) is 1.68. The highest BCUT2D eigenvalue weighted by molar-refractivity contribution is 5.31. The molecule has 1 saturated carbocycles. The van der Waals surface area contributed by atoms with Gasteiger partial charge in [0, 0.05) is 12.5 Å². The maximum Gasteiger partial charge on any atom is 0.118 e. The van der Waals surface area contributed by atoms with Gasteiger partial charge in [0.15, 0.2) is 0 Å². The summed E-state index contributed by atoms with van der Waals surface area (Å²) in [5, 5.41) is 14.5. The summed E-state index contributed by atoms with van der Waals surface area (Å²) >= 11 is 0. The number of methoxy groups -OCH3 is 1. The van der Waals surface area contributed by atoms with Gasteiger partial charge in [-0.1, -0.05) is 38.3 Å². The molecule has 0 saturated heterocycles. The van der Waals surface area contributed by atoms with E-state index in [1.165, 1.54) is 12.0 Å². The van der Waals surface area contributed by atoms with Crippen LogP contribution in [-0.2, 0) is 0 Å². The van der Waals surface area contributed by atoms with E-state index in [0.717, 1.165) is 44.5 Å². The summed E-state index contributed by atoms with van der Waals surface area (Å²) in [6, 6.07) is 8.15. The van der Waals surface area contributed by atoms with Crippen molar-refractivity contribution < 1.29 is 9.84 Å². The topological polar surface area (TPSA) is 41.5 Å². The van der Waals surface area contributed by atoms with Crippen molar-refractivity contribution in [1.82, 2.24) is 5.32 Å². The minimum Gasteiger partial charge on any atom is -0.497 e. The summed E-state index contributed by atoms with van der Waals surface area (Å²) in [5.74, 6) is 1.03. The maximum absolute atomic E-state index is 11.1. The number of aliphatic hydroxyl groups is 1. The van der Waals surface area contributed by atoms with Gasteiger partial charge < -0.3 is 15.2 Å². The lowest BCUT2D eigenvalue weighted by Gasteiger charge is -2.39. The van der Waals surface area contributed by atoms with Crippen molar-refractivity contribution in [3.05, 3.63) is 29.8 Å². The van der Waals surface area contributed by atoms with Crippen LogP contribution in [0.25, 0.3) is 0 Å². The van der Waals surface area contributed by atoms with Crippen LogP contribution in [0.3, 0.4) is 0 Å². The van der Waals surface area contributed by atoms with Crippen molar-refractivity contribution in [2.75, 3.05) is 20.2 Å². The Kier molecular flexibility index (Phi) is 5.44. The van der Waals surface area contributed by atoms with Crippen molar-refractivity contribution >= 4 is 0 Å². The van der Waals surface area contributed by atoms with E-state index < -0.39 is 5.60 Å². The summed E-state index contributed by atoms with van der Waals surface area (Å²) in [4.78, 5) is 0. The van der Waals surface area contributed by atoms with Crippen LogP contribution < -0.4 is 10.1 Å². The molecule has 1 aliphatic rings. The van der Waals surface area contributed by atoms with Gasteiger partial charge in [0.25, 0.3) is 0 Å². The molecule has 1 fully saturated rings. The molecule has 1 aromatic rings. The zero-order valence-electron chi connectivity index (χ0n) is 12.7. The fourth-order valence-corrected chi connectivity index (χ4v) is 3.26. The molecule has 1 unspecified atom stereocenters. The lowest BCUT2D eigenvalue weighted by atomic mass is 9.72. The fraction of sp³-hybridized carbons (Fsp3) is 0.647. The number of ether oxygens (including phenoxy) is 1. The molecule has 2 N–H and O–H groups in total. The number of likely N-dealkylation sites (N-methyl/N-ethyl adjacent to an activating group) is 1. The molecule has 1 aromatic carbocycles. The highest BCUT2D eigenvalue weighted by atomic mass is 16.5. The molecule has 1 aliphatic carbocycles. The van der Waals surface area contributed by atoms with E-state index in [2.05, 4.69) is 24.4 Å². The predicted molar refractivity (Wildman–Crippen MR) is 82.3 cm³/mol. The minimum absolute atomic E-state index is 0.161. The van der Waals surface area contributed by atoms with Crippen LogP contribution >= 0.6 is 0 Å². The van der Waals surface area contributed by atoms with Gasteiger partial charge in [-0.05, 0) is 37.1 Å². The van der Waals surface area contributed by atoms with E-state index in [9.17, 15) is 5.11 Å². The number of nitrogens with one attached hydrogen (secondary N) is 1. The van der Waals surface area contributed by atoms with Gasteiger partial charge in [0.1, 0.15) is 5.75 Å². The third-order valence-corrected chi connectivity index (χ3v) is 4.48. The van der Waals surface area contributed by atoms with E-state index in [1.807, 2.05) is 12.1 Å². The van der Waals surface area contributed by atoms with Crippen LogP contribution in [-0.4, -0.2) is 30.9 Å². The van der Waals surface area contributed by atoms with Crippen LogP contribution in [0.15, 0.2) is 24.3 Å². The Bertz CT molecular complexity index is 396. The number of hydrogen-bond acceptors (Lipinski definition) is 3. The van der Waals surface area contributed by atoms with Gasteiger partial charge >= 0.3 is 0 Å². The summed E-state index contributed by atoms with van der Waals surface area (Å²) in [6.45, 7) is 3.87. The highest BCUT2D eigenvalue weighted by Gasteiger charge is 2.38. The lowest BCUT2D eigenvalue weighted by Crippen LogP contribution is -2.43. The monoisotopic (exact) mass is 277 g/mol. The summed E-state index contributed by atoms with van der Waals surface area (Å²) < 4.78 is 5.22. The average Bonchev–Trinajstić information content (AvgIpc) is 2.49. The first kappa shape index (κ1) is 15.3. The van der Waals surface area contributed by atoms with Crippen molar-refractivity contribution in [2.24, 2.45) is 0 Å². The Morgan fingerprint density at radius 2 is 1.85 bits per heavy atom. The molecule has 0 spiro atoms. The van der Waals surface area contributed by atoms with Crippen molar-refractivity contribution in [3.8, 4) is 5.75 Å². The molecular formula is C17H27NO2. The zero-order valence-corrected chi connectivity index (χ0v) is 12.7. The van der Waals surface area contributed by atoms with Crippen molar-refractivity contribution in [1.29, 1.82) is 0 Å². The highest BCUT2D eigenvalue weighted by Crippen LogP contribution is 2.40. The van der Waals surface area contributed by atoms with E-state index in [4.69, 9.17) is 4.74 Å². The molecule has 20 heavy (non-hydrogen) atoms. The molecule has 3 heteroatoms. The lowest BCUT2D eigenvalue weighted by molar-refractivity contribution is -0.0214. The van der Waals surface area contributed by atoms with E-state index >= 15 is 0 Å². The first-order valence-corrected chi connectivity index (χ1v) is 7.76. The molecule has 0 bridgehead atoms. The zero-order chi connectivity index (χ0) is 14.4. The van der Waals surface area contributed by atoms with Gasteiger partial charge in [-0.15, -0.1) is 0 Å². The molecule has 0 aliphatic heterocycles. The van der Waals surface area contributed by atoms with Crippen LogP contribution in [0.1, 0.15) is 50.5 Å². The summed E-state index contributed by atoms with van der Waals surface area (Å²) in [5.41, 5.74) is 0.644. The average molecular weight is 277 g/mol. The SMILES string of the molecule is CCNCC(c1ccc(OC)cc1)C1(O)CCCCC1. The third kappa shape index (κ3) is 3.53. The van der Waals surface area contributed by atoms with Gasteiger partial charge in [-0.25, -0.2) is 0 Å². The van der Waals surface area contributed by atoms with Gasteiger partial charge in [-0.3, -0.25) is 0 Å². The van der Waals surface area contributed by atoms with Crippen molar-refractivity contribution in [2.45, 2.75) is 50.5 Å². The van der Waals surface area contributed by atoms with Crippen LogP contribution in [0.2, 0.25) is 0 Å². The second-order valence-electron chi connectivity index (χ2n) is 5.80. The molecule has 0 amide bonds. The first-order chi connectivity index (χ1) is 9.69. The van der Waals surface area contributed by atoms with E-state index in [0.29, 0.717) is 0 Å². The normalized spacial score (nSPS) is 19.6.